The van der Waals surface area contributed by atoms with E-state index in [1.165, 1.54) is 12.8 Å². The maximum Gasteiger partial charge on any atom is 0.326 e. The third-order valence-corrected chi connectivity index (χ3v) is 12.0. The van der Waals surface area contributed by atoms with E-state index < -0.39 is 18.1 Å². The van der Waals surface area contributed by atoms with E-state index in [1.54, 1.807) is 6.20 Å². The van der Waals surface area contributed by atoms with E-state index >= 15 is 0 Å². The molecule has 3 aliphatic rings. The predicted molar refractivity (Wildman–Crippen MR) is 220 cm³/mol. The molecule has 1 aliphatic carbocycles. The van der Waals surface area contributed by atoms with Crippen LogP contribution in [0, 0.1) is 13.8 Å². The van der Waals surface area contributed by atoms with Crippen LogP contribution in [0.1, 0.15) is 90.2 Å². The van der Waals surface area contributed by atoms with Crippen molar-refractivity contribution in [3.63, 3.8) is 0 Å². The number of hydrogen-bond donors (Lipinski definition) is 2. The number of aryl methyl sites for hydroxylation is 1. The first kappa shape index (κ1) is 38.2. The summed E-state index contributed by atoms with van der Waals surface area (Å²) < 4.78 is 19.1. The fourth-order valence-corrected chi connectivity index (χ4v) is 8.68. The number of ether oxygens (including phenoxy) is 3. The van der Waals surface area contributed by atoms with E-state index in [2.05, 4.69) is 52.5 Å². The number of nitrogens with one attached hydrogen (secondary N) is 1. The number of aliphatic carboxylic acids is 1. The molecular formula is C48H51N3O6. The Morgan fingerprint density at radius 3 is 2.39 bits per heavy atom. The highest BCUT2D eigenvalue weighted by Gasteiger charge is 2.39. The number of rotatable bonds is 12. The molecule has 1 saturated carbocycles. The molecule has 0 saturated heterocycles. The van der Waals surface area contributed by atoms with Gasteiger partial charge < -0.3 is 24.6 Å². The van der Waals surface area contributed by atoms with Gasteiger partial charge in [0.05, 0.1) is 12.1 Å². The van der Waals surface area contributed by atoms with Gasteiger partial charge in [0.15, 0.2) is 17.6 Å². The molecular weight excluding hydrogens is 715 g/mol. The van der Waals surface area contributed by atoms with E-state index in [4.69, 9.17) is 14.2 Å². The second kappa shape index (κ2) is 16.8. The lowest BCUT2D eigenvalue weighted by molar-refractivity contribution is -0.143. The van der Waals surface area contributed by atoms with Gasteiger partial charge in [-0.1, -0.05) is 73.7 Å². The van der Waals surface area contributed by atoms with Gasteiger partial charge in [0.25, 0.3) is 0 Å². The van der Waals surface area contributed by atoms with Crippen LogP contribution < -0.4 is 19.5 Å². The summed E-state index contributed by atoms with van der Waals surface area (Å²) in [6.07, 6.45) is 7.84. The number of aromatic nitrogens is 1. The van der Waals surface area contributed by atoms with Crippen molar-refractivity contribution in [2.75, 3.05) is 6.61 Å². The summed E-state index contributed by atoms with van der Waals surface area (Å²) >= 11 is 0. The van der Waals surface area contributed by atoms with Crippen molar-refractivity contribution in [2.45, 2.75) is 103 Å². The van der Waals surface area contributed by atoms with Gasteiger partial charge in [0.2, 0.25) is 5.91 Å². The van der Waals surface area contributed by atoms with Crippen LogP contribution in [0.2, 0.25) is 0 Å². The van der Waals surface area contributed by atoms with Crippen LogP contribution in [0.3, 0.4) is 0 Å². The highest BCUT2D eigenvalue weighted by atomic mass is 16.6. The number of carboxylic acid groups (broad SMARTS) is 1. The van der Waals surface area contributed by atoms with Gasteiger partial charge in [-0.05, 0) is 127 Å². The molecule has 4 unspecified atom stereocenters. The Morgan fingerprint density at radius 2 is 1.67 bits per heavy atom. The molecule has 0 spiro atoms. The van der Waals surface area contributed by atoms with Crippen molar-refractivity contribution in [3.8, 4) is 28.4 Å². The molecule has 1 fully saturated rings. The minimum Gasteiger partial charge on any atom is -0.490 e. The second-order valence-corrected chi connectivity index (χ2v) is 15.7. The van der Waals surface area contributed by atoms with E-state index in [9.17, 15) is 14.7 Å². The van der Waals surface area contributed by atoms with Crippen LogP contribution in [0.15, 0.2) is 103 Å². The number of carbonyl (C=O) groups excluding carboxylic acids is 1. The lowest BCUT2D eigenvalue weighted by Gasteiger charge is -2.42. The van der Waals surface area contributed by atoms with Gasteiger partial charge in [-0.3, -0.25) is 14.7 Å². The van der Waals surface area contributed by atoms with Crippen LogP contribution in [0.5, 0.6) is 17.2 Å². The molecule has 0 radical (unpaired) electrons. The first-order valence-electron chi connectivity index (χ1n) is 20.3. The quantitative estimate of drug-likeness (QED) is 0.130. The summed E-state index contributed by atoms with van der Waals surface area (Å²) in [7, 11) is 0. The van der Waals surface area contributed by atoms with Crippen molar-refractivity contribution in [2.24, 2.45) is 0 Å². The van der Waals surface area contributed by atoms with Gasteiger partial charge in [0, 0.05) is 30.9 Å². The lowest BCUT2D eigenvalue weighted by Crippen LogP contribution is -2.55. The Bertz CT molecular complexity index is 2200. The molecule has 5 aromatic rings. The van der Waals surface area contributed by atoms with Crippen LogP contribution in [-0.2, 0) is 29.0 Å². The summed E-state index contributed by atoms with van der Waals surface area (Å²) in [5.41, 5.74) is 9.21. The smallest absolute Gasteiger partial charge is 0.326 e. The molecule has 2 aliphatic heterocycles. The third kappa shape index (κ3) is 8.40. The lowest BCUT2D eigenvalue weighted by atomic mass is 9.89. The van der Waals surface area contributed by atoms with Crippen LogP contribution in [-0.4, -0.2) is 51.7 Å². The number of benzene rings is 4. The van der Waals surface area contributed by atoms with Crippen molar-refractivity contribution >= 4 is 11.9 Å². The Labute approximate surface area is 335 Å². The average molecular weight is 766 g/mol. The number of nitrogens with zero attached hydrogens (tertiary/aromatic N) is 2. The fourth-order valence-electron chi connectivity index (χ4n) is 8.68. The SMILES string of the molecule is CCC(c1ccccc1)N1Cc2cc3c(cc2CC1C(=O)NC(Cc1ccc(-c2ccnc(C)c2C)cc1)C(=O)O)OCC(c1ccc(OC2CCCC2)cc1)O3. The maximum absolute atomic E-state index is 14.4. The average Bonchev–Trinajstić information content (AvgIpc) is 3.75. The largest absolute Gasteiger partial charge is 0.490 e. The molecule has 294 valence electrons. The number of carboxylic acids is 1. The Morgan fingerprint density at radius 1 is 0.930 bits per heavy atom. The van der Waals surface area contributed by atoms with Crippen molar-refractivity contribution < 1.29 is 28.9 Å². The Kier molecular flexibility index (Phi) is 11.3. The van der Waals surface area contributed by atoms with Crippen LogP contribution in [0.25, 0.3) is 11.1 Å². The Hall–Kier alpha value is -5.67. The summed E-state index contributed by atoms with van der Waals surface area (Å²) in [6, 6.07) is 30.5. The minimum absolute atomic E-state index is 0.0721. The molecule has 1 amide bonds. The van der Waals surface area contributed by atoms with Crippen LogP contribution >= 0.6 is 0 Å². The number of amides is 1. The summed E-state index contributed by atoms with van der Waals surface area (Å²) in [5, 5.41) is 13.3. The molecule has 4 aromatic carbocycles. The summed E-state index contributed by atoms with van der Waals surface area (Å²) in [5.74, 6) is 0.832. The molecule has 8 rings (SSSR count). The number of hydrogen-bond acceptors (Lipinski definition) is 7. The summed E-state index contributed by atoms with van der Waals surface area (Å²) in [4.78, 5) is 33.7. The summed E-state index contributed by atoms with van der Waals surface area (Å²) in [6.45, 7) is 7.01. The maximum atomic E-state index is 14.4. The van der Waals surface area contributed by atoms with Gasteiger partial charge in [-0.2, -0.15) is 0 Å². The third-order valence-electron chi connectivity index (χ3n) is 12.0. The molecule has 57 heavy (non-hydrogen) atoms. The highest BCUT2D eigenvalue weighted by molar-refractivity contribution is 5.87. The monoisotopic (exact) mass is 765 g/mol. The van der Waals surface area contributed by atoms with E-state index in [0.29, 0.717) is 37.2 Å². The van der Waals surface area contributed by atoms with Crippen molar-refractivity contribution in [1.82, 2.24) is 15.2 Å². The highest BCUT2D eigenvalue weighted by Crippen LogP contribution is 2.43. The van der Waals surface area contributed by atoms with E-state index in [1.807, 2.05) is 80.6 Å². The van der Waals surface area contributed by atoms with E-state index in [-0.39, 0.29) is 24.5 Å². The van der Waals surface area contributed by atoms with E-state index in [0.717, 1.165) is 75.2 Å². The zero-order valence-electron chi connectivity index (χ0n) is 32.9. The first-order valence-corrected chi connectivity index (χ1v) is 20.3. The molecule has 1 aromatic heterocycles. The van der Waals surface area contributed by atoms with Crippen molar-refractivity contribution in [1.29, 1.82) is 0 Å². The van der Waals surface area contributed by atoms with Crippen LogP contribution in [0.4, 0.5) is 0 Å². The number of fused-ring (bicyclic) bond motifs is 2. The molecule has 3 heterocycles. The molecule has 0 bridgehead atoms. The standard InChI is InChI=1S/C48H51N3O6/c1-4-42(34-10-6-5-7-11-34)51-28-37-27-45-44(55-29-46(57-45)35-18-20-39(21-19-35)56-38-12-8-9-13-38)26-36(37)25-43(51)47(52)50-41(48(53)54)24-32-14-16-33(17-15-32)40-22-23-49-31(3)30(40)2/h5-7,10-11,14-23,26-27,38,41-43,46H,4,8-9,12-13,24-25,28-29H2,1-3H3,(H,50,52)(H,53,54). The predicted octanol–water partition coefficient (Wildman–Crippen LogP) is 8.89. The van der Waals surface area contributed by atoms with Gasteiger partial charge >= 0.3 is 5.97 Å². The number of carbonyl (C=O) groups is 2. The zero-order chi connectivity index (χ0) is 39.5. The van der Waals surface area contributed by atoms with Gasteiger partial charge in [-0.15, -0.1) is 0 Å². The molecule has 2 N–H and O–H groups in total. The zero-order valence-corrected chi connectivity index (χ0v) is 32.9. The Balaban J connectivity index is 1.01. The normalized spacial score (nSPS) is 19.0. The second-order valence-electron chi connectivity index (χ2n) is 15.7. The number of pyridine rings is 1. The first-order chi connectivity index (χ1) is 27.7. The molecule has 9 nitrogen and oxygen atoms in total. The van der Waals surface area contributed by atoms with Gasteiger partial charge in [-0.25, -0.2) is 4.79 Å². The molecule has 4 atom stereocenters. The minimum atomic E-state index is -1.10. The van der Waals surface area contributed by atoms with Crippen molar-refractivity contribution in [3.05, 3.63) is 142 Å². The van der Waals surface area contributed by atoms with Gasteiger partial charge in [0.1, 0.15) is 18.4 Å². The molecule has 9 heteroatoms. The fraction of sp³-hybridized carbons (Fsp3) is 0.354. The topological polar surface area (TPSA) is 110 Å².